The molecule has 0 bridgehead atoms. The lowest BCUT2D eigenvalue weighted by molar-refractivity contribution is -0.269. The van der Waals surface area contributed by atoms with Gasteiger partial charge in [0.15, 0.2) is 0 Å². The van der Waals surface area contributed by atoms with Gasteiger partial charge in [-0.25, -0.2) is 0 Å². The maximum absolute atomic E-state index is 12.7. The first kappa shape index (κ1) is 15.1. The molecule has 1 saturated heterocycles. The number of carbonyl (C=O) groups excluding carboxylic acids is 1. The van der Waals surface area contributed by atoms with Gasteiger partial charge in [0.1, 0.15) is 0 Å². The normalized spacial score (nSPS) is 20.6. The van der Waals surface area contributed by atoms with E-state index in [0.717, 1.165) is 0 Å². The molecule has 1 heterocycles. The van der Waals surface area contributed by atoms with Crippen molar-refractivity contribution in [1.29, 1.82) is 0 Å². The summed E-state index contributed by atoms with van der Waals surface area (Å²) in [5.41, 5.74) is -0.442. The highest BCUT2D eigenvalue weighted by atomic mass is 19.4. The van der Waals surface area contributed by atoms with Gasteiger partial charge >= 0.3 is 12.1 Å². The molecule has 1 aliphatic rings. The summed E-state index contributed by atoms with van der Waals surface area (Å²) in [5.74, 6) is -7.62. The molecule has 1 rings (SSSR count). The second-order valence-corrected chi connectivity index (χ2v) is 4.82. The highest BCUT2D eigenvalue weighted by Gasteiger charge is 2.63. The van der Waals surface area contributed by atoms with E-state index in [2.05, 4.69) is 5.32 Å². The van der Waals surface area contributed by atoms with E-state index in [9.17, 15) is 26.7 Å². The van der Waals surface area contributed by atoms with Crippen LogP contribution in [0.1, 0.15) is 19.8 Å². The molecule has 0 aromatic heterocycles. The van der Waals surface area contributed by atoms with Gasteiger partial charge in [-0.05, 0) is 31.3 Å². The van der Waals surface area contributed by atoms with Gasteiger partial charge in [-0.2, -0.15) is 22.0 Å². The topological polar surface area (TPSA) is 41.1 Å². The van der Waals surface area contributed by atoms with E-state index in [1.807, 2.05) is 0 Å². The minimum atomic E-state index is -5.86. The molecule has 0 aromatic carbocycles. The van der Waals surface area contributed by atoms with Gasteiger partial charge < -0.3 is 10.6 Å². The molecule has 0 spiro atoms. The maximum atomic E-state index is 12.7. The molecule has 3 nitrogen and oxygen atoms in total. The summed E-state index contributed by atoms with van der Waals surface area (Å²) in [6.45, 7) is 2.88. The molecular weight excluding hydrogens is 259 g/mol. The SMILES string of the molecule is CC1(CNC(=O)C(F)(F)C(F)(F)F)CCNCC1. The van der Waals surface area contributed by atoms with Crippen molar-refractivity contribution in [1.82, 2.24) is 10.6 Å². The van der Waals surface area contributed by atoms with Crippen LogP contribution in [0, 0.1) is 5.41 Å². The highest BCUT2D eigenvalue weighted by molar-refractivity contribution is 5.84. The van der Waals surface area contributed by atoms with E-state index in [1.165, 1.54) is 0 Å². The van der Waals surface area contributed by atoms with Gasteiger partial charge in [0.25, 0.3) is 5.91 Å². The molecule has 106 valence electrons. The monoisotopic (exact) mass is 274 g/mol. The number of piperidine rings is 1. The molecule has 0 radical (unpaired) electrons. The summed E-state index contributed by atoms with van der Waals surface area (Å²) in [5, 5.41) is 4.74. The third-order valence-corrected chi connectivity index (χ3v) is 3.13. The Hall–Kier alpha value is -0.920. The van der Waals surface area contributed by atoms with E-state index < -0.39 is 23.4 Å². The van der Waals surface area contributed by atoms with E-state index >= 15 is 0 Å². The second kappa shape index (κ2) is 4.99. The molecule has 1 amide bonds. The molecule has 1 aliphatic heterocycles. The molecule has 2 N–H and O–H groups in total. The van der Waals surface area contributed by atoms with E-state index in [0.29, 0.717) is 25.9 Å². The fourth-order valence-electron chi connectivity index (χ4n) is 1.74. The van der Waals surface area contributed by atoms with Crippen molar-refractivity contribution in [2.75, 3.05) is 19.6 Å². The first-order valence-corrected chi connectivity index (χ1v) is 5.52. The minimum absolute atomic E-state index is 0.181. The molecule has 0 saturated carbocycles. The first-order valence-electron chi connectivity index (χ1n) is 5.52. The Balaban J connectivity index is 2.55. The predicted molar refractivity (Wildman–Crippen MR) is 54.2 cm³/mol. The van der Waals surface area contributed by atoms with E-state index in [4.69, 9.17) is 0 Å². The van der Waals surface area contributed by atoms with Gasteiger partial charge in [-0.3, -0.25) is 4.79 Å². The van der Waals surface area contributed by atoms with Gasteiger partial charge in [-0.1, -0.05) is 6.92 Å². The van der Waals surface area contributed by atoms with Crippen molar-refractivity contribution in [2.24, 2.45) is 5.41 Å². The van der Waals surface area contributed by atoms with Crippen LogP contribution in [0.2, 0.25) is 0 Å². The molecule has 0 atom stereocenters. The lowest BCUT2D eigenvalue weighted by Gasteiger charge is -2.34. The average Bonchev–Trinajstić information content (AvgIpc) is 2.25. The van der Waals surface area contributed by atoms with Crippen molar-refractivity contribution in [3.05, 3.63) is 0 Å². The van der Waals surface area contributed by atoms with Gasteiger partial charge in [0, 0.05) is 6.54 Å². The number of nitrogens with one attached hydrogen (secondary N) is 2. The van der Waals surface area contributed by atoms with Crippen LogP contribution >= 0.6 is 0 Å². The third-order valence-electron chi connectivity index (χ3n) is 3.13. The van der Waals surface area contributed by atoms with Gasteiger partial charge in [-0.15, -0.1) is 0 Å². The summed E-state index contributed by atoms with van der Waals surface area (Å²) in [7, 11) is 0. The molecule has 0 aliphatic carbocycles. The Morgan fingerprint density at radius 1 is 1.22 bits per heavy atom. The second-order valence-electron chi connectivity index (χ2n) is 4.82. The van der Waals surface area contributed by atoms with Crippen molar-refractivity contribution >= 4 is 5.91 Å². The maximum Gasteiger partial charge on any atom is 0.463 e. The lowest BCUT2D eigenvalue weighted by Crippen LogP contribution is -2.53. The largest absolute Gasteiger partial charge is 0.463 e. The standard InChI is InChI=1S/C10H15F5N2O/c1-8(2-4-16-5-3-8)6-17-7(18)9(11,12)10(13,14)15/h16H,2-6H2,1H3,(H,17,18). The van der Waals surface area contributed by atoms with E-state index in [1.54, 1.807) is 12.2 Å². The number of rotatable bonds is 3. The van der Waals surface area contributed by atoms with Gasteiger partial charge in [0.05, 0.1) is 0 Å². The van der Waals surface area contributed by atoms with Crippen LogP contribution in [0.3, 0.4) is 0 Å². The third kappa shape index (κ3) is 3.30. The zero-order valence-corrected chi connectivity index (χ0v) is 9.83. The highest BCUT2D eigenvalue weighted by Crippen LogP contribution is 2.36. The van der Waals surface area contributed by atoms with Crippen molar-refractivity contribution in [3.8, 4) is 0 Å². The number of halogens is 5. The number of hydrogen-bond acceptors (Lipinski definition) is 2. The lowest BCUT2D eigenvalue weighted by atomic mass is 9.81. The molecular formula is C10H15F5N2O. The average molecular weight is 274 g/mol. The minimum Gasteiger partial charge on any atom is -0.350 e. The fourth-order valence-corrected chi connectivity index (χ4v) is 1.74. The van der Waals surface area contributed by atoms with Crippen LogP contribution in [0.25, 0.3) is 0 Å². The zero-order valence-electron chi connectivity index (χ0n) is 9.83. The summed E-state index contributed by atoms with van der Waals surface area (Å²) >= 11 is 0. The molecule has 0 aromatic rings. The number of carbonyl (C=O) groups is 1. The van der Waals surface area contributed by atoms with Gasteiger partial charge in [0.2, 0.25) is 0 Å². The molecule has 0 unspecified atom stereocenters. The van der Waals surface area contributed by atoms with E-state index in [-0.39, 0.29) is 6.54 Å². The molecule has 8 heteroatoms. The Bertz CT molecular complexity index is 310. The fraction of sp³-hybridized carbons (Fsp3) is 0.900. The molecule has 1 fully saturated rings. The summed E-state index contributed by atoms with van der Waals surface area (Å²) in [4.78, 5) is 10.9. The summed E-state index contributed by atoms with van der Waals surface area (Å²) in [6, 6.07) is 0. The first-order chi connectivity index (χ1) is 8.08. The van der Waals surface area contributed by atoms with Crippen LogP contribution in [0.5, 0.6) is 0 Å². The Morgan fingerprint density at radius 3 is 2.17 bits per heavy atom. The number of alkyl halides is 5. The van der Waals surface area contributed by atoms with Crippen LogP contribution < -0.4 is 10.6 Å². The Morgan fingerprint density at radius 2 is 1.72 bits per heavy atom. The summed E-state index contributed by atoms with van der Waals surface area (Å²) in [6.07, 6.45) is -4.62. The zero-order chi connectivity index (χ0) is 14.0. The smallest absolute Gasteiger partial charge is 0.350 e. The van der Waals surface area contributed by atoms with Crippen LogP contribution in [0.15, 0.2) is 0 Å². The molecule has 18 heavy (non-hydrogen) atoms. The van der Waals surface area contributed by atoms with Crippen LogP contribution in [-0.4, -0.2) is 37.6 Å². The number of hydrogen-bond donors (Lipinski definition) is 2. The van der Waals surface area contributed by atoms with Crippen molar-refractivity contribution in [2.45, 2.75) is 31.9 Å². The van der Waals surface area contributed by atoms with Crippen molar-refractivity contribution in [3.63, 3.8) is 0 Å². The quantitative estimate of drug-likeness (QED) is 0.769. The predicted octanol–water partition coefficient (Wildman–Crippen LogP) is 1.69. The Labute approximate surface area is 101 Å². The van der Waals surface area contributed by atoms with Crippen molar-refractivity contribution < 1.29 is 26.7 Å². The van der Waals surface area contributed by atoms with Crippen LogP contribution in [0.4, 0.5) is 22.0 Å². The summed E-state index contributed by atoms with van der Waals surface area (Å²) < 4.78 is 61.1. The van der Waals surface area contributed by atoms with Crippen LogP contribution in [-0.2, 0) is 4.79 Å². The Kier molecular flexibility index (Phi) is 4.19. The number of amides is 1.